The highest BCUT2D eigenvalue weighted by atomic mass is 16.4. The molecule has 122 valence electrons. The molecule has 1 heterocycles. The first-order valence-electron chi connectivity index (χ1n) is 7.56. The third kappa shape index (κ3) is 3.59. The number of hydrogen-bond acceptors (Lipinski definition) is 3. The second-order valence-corrected chi connectivity index (χ2v) is 5.42. The molecule has 0 saturated heterocycles. The second kappa shape index (κ2) is 7.09. The third-order valence-corrected chi connectivity index (χ3v) is 4.05. The molecule has 0 bridgehead atoms. The Hall–Kier alpha value is -2.63. The molecule has 2 aromatic rings. The first-order chi connectivity index (χ1) is 11.0. The fourth-order valence-electron chi connectivity index (χ4n) is 2.60. The predicted octanol–water partition coefficient (Wildman–Crippen LogP) is 1.86. The fraction of sp³-hybridized carbons (Fsp3) is 0.353. The molecule has 23 heavy (non-hydrogen) atoms. The SMILES string of the molecule is CCC(NC(=O)CCc1ccnn1C)(C(=O)O)c1ccccc1. The lowest BCUT2D eigenvalue weighted by Crippen LogP contribution is -2.51. The van der Waals surface area contributed by atoms with Gasteiger partial charge in [0.25, 0.3) is 0 Å². The van der Waals surface area contributed by atoms with E-state index in [-0.39, 0.29) is 18.7 Å². The van der Waals surface area contributed by atoms with Gasteiger partial charge in [-0.25, -0.2) is 4.79 Å². The number of nitrogens with zero attached hydrogens (tertiary/aromatic N) is 2. The summed E-state index contributed by atoms with van der Waals surface area (Å²) in [6, 6.07) is 10.6. The van der Waals surface area contributed by atoms with Crippen molar-refractivity contribution in [2.45, 2.75) is 31.7 Å². The molecule has 6 nitrogen and oxygen atoms in total. The Morgan fingerprint density at radius 2 is 1.96 bits per heavy atom. The molecule has 1 aromatic heterocycles. The Morgan fingerprint density at radius 3 is 2.48 bits per heavy atom. The van der Waals surface area contributed by atoms with Gasteiger partial charge in [-0.2, -0.15) is 5.10 Å². The van der Waals surface area contributed by atoms with Crippen molar-refractivity contribution >= 4 is 11.9 Å². The van der Waals surface area contributed by atoms with E-state index in [2.05, 4.69) is 10.4 Å². The molecule has 1 unspecified atom stereocenters. The molecule has 2 rings (SSSR count). The number of aliphatic carboxylic acids is 1. The number of rotatable bonds is 7. The number of carbonyl (C=O) groups is 2. The summed E-state index contributed by atoms with van der Waals surface area (Å²) in [6.07, 6.45) is 2.66. The molecular formula is C17H21N3O3. The van der Waals surface area contributed by atoms with Gasteiger partial charge in [0.1, 0.15) is 0 Å². The van der Waals surface area contributed by atoms with Gasteiger partial charge in [0.2, 0.25) is 5.91 Å². The van der Waals surface area contributed by atoms with Crippen molar-refractivity contribution in [2.75, 3.05) is 0 Å². The van der Waals surface area contributed by atoms with Gasteiger partial charge in [-0.1, -0.05) is 37.3 Å². The lowest BCUT2D eigenvalue weighted by molar-refractivity contribution is -0.148. The Kier molecular flexibility index (Phi) is 5.16. The summed E-state index contributed by atoms with van der Waals surface area (Å²) in [5.41, 5.74) is 0.103. The standard InChI is InChI=1S/C17H21N3O3/c1-3-17(16(22)23,13-7-5-4-6-8-13)19-15(21)10-9-14-11-12-18-20(14)2/h4-8,11-12H,3,9-10H2,1-2H3,(H,19,21)(H,22,23). The minimum Gasteiger partial charge on any atom is -0.479 e. The van der Waals surface area contributed by atoms with E-state index in [1.54, 1.807) is 42.1 Å². The predicted molar refractivity (Wildman–Crippen MR) is 85.7 cm³/mol. The second-order valence-electron chi connectivity index (χ2n) is 5.42. The molecule has 0 aliphatic carbocycles. The number of nitrogens with one attached hydrogen (secondary N) is 1. The Labute approximate surface area is 135 Å². The van der Waals surface area contributed by atoms with Crippen molar-refractivity contribution in [2.24, 2.45) is 7.05 Å². The molecule has 6 heteroatoms. The smallest absolute Gasteiger partial charge is 0.334 e. The monoisotopic (exact) mass is 315 g/mol. The van der Waals surface area contributed by atoms with Crippen LogP contribution in [0.15, 0.2) is 42.6 Å². The summed E-state index contributed by atoms with van der Waals surface area (Å²) in [5, 5.41) is 16.5. The van der Waals surface area contributed by atoms with E-state index in [9.17, 15) is 14.7 Å². The molecule has 0 saturated carbocycles. The van der Waals surface area contributed by atoms with E-state index in [0.717, 1.165) is 5.69 Å². The van der Waals surface area contributed by atoms with Gasteiger partial charge < -0.3 is 10.4 Å². The number of carbonyl (C=O) groups excluding carboxylic acids is 1. The highest BCUT2D eigenvalue weighted by Crippen LogP contribution is 2.25. The average Bonchev–Trinajstić information content (AvgIpc) is 2.96. The van der Waals surface area contributed by atoms with Crippen LogP contribution in [0.1, 0.15) is 31.0 Å². The van der Waals surface area contributed by atoms with Crippen molar-refractivity contribution in [1.29, 1.82) is 0 Å². The third-order valence-electron chi connectivity index (χ3n) is 4.05. The number of aryl methyl sites for hydroxylation is 2. The molecule has 0 spiro atoms. The van der Waals surface area contributed by atoms with Crippen LogP contribution in [0.3, 0.4) is 0 Å². The van der Waals surface area contributed by atoms with Crippen LogP contribution in [0.4, 0.5) is 0 Å². The number of hydrogen-bond donors (Lipinski definition) is 2. The zero-order chi connectivity index (χ0) is 16.9. The van der Waals surface area contributed by atoms with E-state index in [0.29, 0.717) is 12.0 Å². The van der Waals surface area contributed by atoms with E-state index < -0.39 is 11.5 Å². The van der Waals surface area contributed by atoms with Gasteiger partial charge in [-0.05, 0) is 24.5 Å². The molecule has 1 atom stereocenters. The van der Waals surface area contributed by atoms with E-state index in [1.807, 2.05) is 19.2 Å². The van der Waals surface area contributed by atoms with E-state index in [4.69, 9.17) is 0 Å². The van der Waals surface area contributed by atoms with Crippen LogP contribution in [0.5, 0.6) is 0 Å². The topological polar surface area (TPSA) is 84.2 Å². The number of carboxylic acids is 1. The molecule has 0 aliphatic rings. The maximum Gasteiger partial charge on any atom is 0.334 e. The molecule has 0 fully saturated rings. The summed E-state index contributed by atoms with van der Waals surface area (Å²) in [4.78, 5) is 24.1. The summed E-state index contributed by atoms with van der Waals surface area (Å²) >= 11 is 0. The molecule has 0 radical (unpaired) electrons. The van der Waals surface area contributed by atoms with Gasteiger partial charge >= 0.3 is 5.97 Å². The van der Waals surface area contributed by atoms with Crippen LogP contribution in [0, 0.1) is 0 Å². The molecule has 2 N–H and O–H groups in total. The van der Waals surface area contributed by atoms with Crippen LogP contribution < -0.4 is 5.32 Å². The normalized spacial score (nSPS) is 13.3. The summed E-state index contributed by atoms with van der Waals surface area (Å²) in [5.74, 6) is -1.35. The van der Waals surface area contributed by atoms with Crippen LogP contribution >= 0.6 is 0 Å². The summed E-state index contributed by atoms with van der Waals surface area (Å²) in [6.45, 7) is 1.75. The highest BCUT2D eigenvalue weighted by Gasteiger charge is 2.39. The van der Waals surface area contributed by atoms with Crippen molar-refractivity contribution in [3.63, 3.8) is 0 Å². The molecule has 0 aliphatic heterocycles. The Bertz CT molecular complexity index is 681. The van der Waals surface area contributed by atoms with Crippen molar-refractivity contribution < 1.29 is 14.7 Å². The number of aromatic nitrogens is 2. The van der Waals surface area contributed by atoms with Gasteiger partial charge in [0, 0.05) is 25.4 Å². The van der Waals surface area contributed by atoms with Crippen molar-refractivity contribution in [3.8, 4) is 0 Å². The molecule has 1 amide bonds. The van der Waals surface area contributed by atoms with Crippen molar-refractivity contribution in [1.82, 2.24) is 15.1 Å². The first kappa shape index (κ1) is 16.7. The highest BCUT2D eigenvalue weighted by molar-refractivity contribution is 5.88. The lowest BCUT2D eigenvalue weighted by atomic mass is 9.87. The minimum absolute atomic E-state index is 0.210. The molecular weight excluding hydrogens is 294 g/mol. The van der Waals surface area contributed by atoms with E-state index >= 15 is 0 Å². The zero-order valence-electron chi connectivity index (χ0n) is 13.3. The quantitative estimate of drug-likeness (QED) is 0.817. The number of carboxylic acid groups (broad SMARTS) is 1. The fourth-order valence-corrected chi connectivity index (χ4v) is 2.60. The van der Waals surface area contributed by atoms with Crippen LogP contribution in [0.2, 0.25) is 0 Å². The van der Waals surface area contributed by atoms with Gasteiger partial charge in [-0.3, -0.25) is 9.48 Å². The lowest BCUT2D eigenvalue weighted by Gasteiger charge is -2.30. The largest absolute Gasteiger partial charge is 0.479 e. The van der Waals surface area contributed by atoms with Gasteiger partial charge in [0.05, 0.1) is 0 Å². The van der Waals surface area contributed by atoms with Gasteiger partial charge in [-0.15, -0.1) is 0 Å². The number of amides is 1. The Balaban J connectivity index is 2.13. The Morgan fingerprint density at radius 1 is 1.26 bits per heavy atom. The maximum atomic E-state index is 12.3. The van der Waals surface area contributed by atoms with E-state index in [1.165, 1.54) is 0 Å². The maximum absolute atomic E-state index is 12.3. The van der Waals surface area contributed by atoms with Gasteiger partial charge in [0.15, 0.2) is 5.54 Å². The van der Waals surface area contributed by atoms with Crippen molar-refractivity contribution in [3.05, 3.63) is 53.9 Å². The summed E-state index contributed by atoms with van der Waals surface area (Å²) in [7, 11) is 1.81. The number of benzene rings is 1. The molecule has 1 aromatic carbocycles. The zero-order valence-corrected chi connectivity index (χ0v) is 13.3. The van der Waals surface area contributed by atoms with Crippen LogP contribution in [0.25, 0.3) is 0 Å². The minimum atomic E-state index is -1.40. The average molecular weight is 315 g/mol. The summed E-state index contributed by atoms with van der Waals surface area (Å²) < 4.78 is 1.70. The van der Waals surface area contributed by atoms with Crippen LogP contribution in [-0.2, 0) is 28.6 Å². The first-order valence-corrected chi connectivity index (χ1v) is 7.56. The van der Waals surface area contributed by atoms with Crippen LogP contribution in [-0.4, -0.2) is 26.8 Å².